The Morgan fingerprint density at radius 3 is 2.71 bits per heavy atom. The van der Waals surface area contributed by atoms with Gasteiger partial charge in [-0.1, -0.05) is 42.5 Å². The van der Waals surface area contributed by atoms with Crippen LogP contribution in [0.4, 0.5) is 5.69 Å². The second kappa shape index (κ2) is 14.4. The van der Waals surface area contributed by atoms with E-state index in [-0.39, 0.29) is 6.10 Å². The molecule has 224 valence electrons. The number of fused-ring (bicyclic) bond motifs is 2. The molecule has 1 N–H and O–H groups in total. The SMILES string of the molecule is COCCCN1CCOc2ccc(COC3CNCCC3c3ccc(OCCN4CCc5ccccc5C4)cc3)cc21. The highest BCUT2D eigenvalue weighted by Gasteiger charge is 2.28. The highest BCUT2D eigenvalue weighted by atomic mass is 16.5. The smallest absolute Gasteiger partial charge is 0.142 e. The van der Waals surface area contributed by atoms with Gasteiger partial charge < -0.3 is 29.2 Å². The van der Waals surface area contributed by atoms with Crippen molar-refractivity contribution in [3.05, 3.63) is 89.0 Å². The van der Waals surface area contributed by atoms with Crippen molar-refractivity contribution in [1.82, 2.24) is 10.2 Å². The van der Waals surface area contributed by atoms with E-state index in [1.54, 1.807) is 7.11 Å². The molecule has 3 aromatic carbocycles. The molecule has 0 aliphatic carbocycles. The monoisotopic (exact) mass is 571 g/mol. The van der Waals surface area contributed by atoms with Crippen LogP contribution in [0.1, 0.15) is 41.0 Å². The second-order valence-electron chi connectivity index (χ2n) is 11.6. The fourth-order valence-electron chi connectivity index (χ4n) is 6.48. The number of anilines is 1. The lowest BCUT2D eigenvalue weighted by atomic mass is 9.87. The van der Waals surface area contributed by atoms with Crippen molar-refractivity contribution >= 4 is 5.69 Å². The summed E-state index contributed by atoms with van der Waals surface area (Å²) < 4.78 is 23.9. The highest BCUT2D eigenvalue weighted by molar-refractivity contribution is 5.61. The van der Waals surface area contributed by atoms with E-state index >= 15 is 0 Å². The Morgan fingerprint density at radius 1 is 0.952 bits per heavy atom. The molecule has 3 aliphatic rings. The van der Waals surface area contributed by atoms with Gasteiger partial charge in [0.05, 0.1) is 24.9 Å². The second-order valence-corrected chi connectivity index (χ2v) is 11.6. The number of methoxy groups -OCH3 is 1. The first-order chi connectivity index (χ1) is 20.8. The third-order valence-electron chi connectivity index (χ3n) is 8.84. The van der Waals surface area contributed by atoms with Crippen LogP contribution < -0.4 is 19.7 Å². The van der Waals surface area contributed by atoms with E-state index in [1.807, 2.05) is 0 Å². The van der Waals surface area contributed by atoms with Gasteiger partial charge in [-0.2, -0.15) is 0 Å². The normalized spacial score (nSPS) is 20.5. The third-order valence-corrected chi connectivity index (χ3v) is 8.84. The van der Waals surface area contributed by atoms with E-state index in [0.717, 1.165) is 95.5 Å². The molecule has 0 saturated carbocycles. The molecule has 3 aliphatic heterocycles. The molecule has 6 rings (SSSR count). The molecule has 0 amide bonds. The molecular formula is C35H45N3O4. The van der Waals surface area contributed by atoms with Crippen molar-refractivity contribution in [2.45, 2.75) is 44.4 Å². The quantitative estimate of drug-likeness (QED) is 0.307. The van der Waals surface area contributed by atoms with Gasteiger partial charge in [-0.15, -0.1) is 0 Å². The van der Waals surface area contributed by atoms with E-state index in [2.05, 4.69) is 81.8 Å². The van der Waals surface area contributed by atoms with Gasteiger partial charge in [0, 0.05) is 52.4 Å². The maximum atomic E-state index is 6.57. The van der Waals surface area contributed by atoms with E-state index in [4.69, 9.17) is 18.9 Å². The average molecular weight is 572 g/mol. The molecule has 3 heterocycles. The number of benzene rings is 3. The molecule has 7 nitrogen and oxygen atoms in total. The minimum Gasteiger partial charge on any atom is -0.492 e. The minimum atomic E-state index is 0.123. The summed E-state index contributed by atoms with van der Waals surface area (Å²) in [6.45, 7) is 9.59. The van der Waals surface area contributed by atoms with E-state index in [9.17, 15) is 0 Å². The zero-order chi connectivity index (χ0) is 28.6. The summed E-state index contributed by atoms with van der Waals surface area (Å²) in [7, 11) is 1.76. The fourth-order valence-corrected chi connectivity index (χ4v) is 6.48. The minimum absolute atomic E-state index is 0.123. The van der Waals surface area contributed by atoms with Gasteiger partial charge >= 0.3 is 0 Å². The Balaban J connectivity index is 1.01. The summed E-state index contributed by atoms with van der Waals surface area (Å²) in [4.78, 5) is 4.89. The van der Waals surface area contributed by atoms with Crippen LogP contribution in [0.3, 0.4) is 0 Å². The number of hydrogen-bond donors (Lipinski definition) is 1. The number of hydrogen-bond acceptors (Lipinski definition) is 7. The maximum absolute atomic E-state index is 6.57. The molecule has 42 heavy (non-hydrogen) atoms. The average Bonchev–Trinajstić information content (AvgIpc) is 3.04. The Hall–Kier alpha value is -3.10. The van der Waals surface area contributed by atoms with Gasteiger partial charge in [-0.25, -0.2) is 0 Å². The Morgan fingerprint density at radius 2 is 1.83 bits per heavy atom. The zero-order valence-corrected chi connectivity index (χ0v) is 24.9. The summed E-state index contributed by atoms with van der Waals surface area (Å²) in [6, 6.07) is 24.0. The molecule has 2 unspecified atom stereocenters. The van der Waals surface area contributed by atoms with Gasteiger partial charge in [0.2, 0.25) is 0 Å². The molecule has 0 spiro atoms. The highest BCUT2D eigenvalue weighted by Crippen LogP contribution is 2.34. The summed E-state index contributed by atoms with van der Waals surface area (Å²) in [5, 5.41) is 3.54. The fraction of sp³-hybridized carbons (Fsp3) is 0.486. The molecule has 1 saturated heterocycles. The van der Waals surface area contributed by atoms with Gasteiger partial charge in [0.1, 0.15) is 24.7 Å². The molecule has 0 radical (unpaired) electrons. The van der Waals surface area contributed by atoms with Crippen molar-refractivity contribution in [3.8, 4) is 11.5 Å². The number of rotatable bonds is 12. The van der Waals surface area contributed by atoms with Crippen molar-refractivity contribution in [3.63, 3.8) is 0 Å². The predicted molar refractivity (Wildman–Crippen MR) is 167 cm³/mol. The topological polar surface area (TPSA) is 55.4 Å². The van der Waals surface area contributed by atoms with Crippen LogP contribution in [0.25, 0.3) is 0 Å². The lowest BCUT2D eigenvalue weighted by Gasteiger charge is -2.33. The molecule has 1 fully saturated rings. The number of nitrogens with one attached hydrogen (secondary N) is 1. The lowest BCUT2D eigenvalue weighted by Crippen LogP contribution is -2.41. The standard InChI is InChI=1S/C35H45N3O4/c1-39-20-4-16-38-19-22-41-34-12-7-27(23-33(34)38)26-42-35-24-36-15-13-32(35)29-8-10-31(11-9-29)40-21-18-37-17-14-28-5-2-3-6-30(28)25-37/h2-3,5-12,23,32,35-36H,4,13-22,24-26H2,1H3. The maximum Gasteiger partial charge on any atom is 0.142 e. The predicted octanol–water partition coefficient (Wildman–Crippen LogP) is 5.02. The molecule has 7 heteroatoms. The summed E-state index contributed by atoms with van der Waals surface area (Å²) in [6.07, 6.45) is 3.31. The first kappa shape index (κ1) is 29.0. The van der Waals surface area contributed by atoms with Crippen LogP contribution in [-0.4, -0.2) is 77.2 Å². The van der Waals surface area contributed by atoms with Crippen LogP contribution in [0.15, 0.2) is 66.7 Å². The molecule has 2 atom stereocenters. The number of ether oxygens (including phenoxy) is 4. The van der Waals surface area contributed by atoms with Gasteiger partial charge in [0.25, 0.3) is 0 Å². The summed E-state index contributed by atoms with van der Waals surface area (Å²) in [5.74, 6) is 2.26. The van der Waals surface area contributed by atoms with Gasteiger partial charge in [-0.3, -0.25) is 4.90 Å². The van der Waals surface area contributed by atoms with Crippen LogP contribution in [-0.2, 0) is 29.0 Å². The first-order valence-electron chi connectivity index (χ1n) is 15.6. The Bertz CT molecular complexity index is 1280. The molecule has 0 aromatic heterocycles. The largest absolute Gasteiger partial charge is 0.492 e. The van der Waals surface area contributed by atoms with Gasteiger partial charge in [0.15, 0.2) is 0 Å². The third kappa shape index (κ3) is 7.27. The van der Waals surface area contributed by atoms with E-state index < -0.39 is 0 Å². The van der Waals surface area contributed by atoms with Crippen molar-refractivity contribution in [1.29, 1.82) is 0 Å². The van der Waals surface area contributed by atoms with Crippen molar-refractivity contribution in [2.75, 3.05) is 71.1 Å². The van der Waals surface area contributed by atoms with Crippen LogP contribution in [0.2, 0.25) is 0 Å². The Kier molecular flexibility index (Phi) is 9.93. The van der Waals surface area contributed by atoms with Crippen LogP contribution in [0.5, 0.6) is 11.5 Å². The van der Waals surface area contributed by atoms with Crippen molar-refractivity contribution in [2.24, 2.45) is 0 Å². The molecule has 3 aromatic rings. The van der Waals surface area contributed by atoms with E-state index in [1.165, 1.54) is 22.3 Å². The lowest BCUT2D eigenvalue weighted by molar-refractivity contribution is 0.0106. The van der Waals surface area contributed by atoms with Crippen LogP contribution >= 0.6 is 0 Å². The van der Waals surface area contributed by atoms with Crippen LogP contribution in [0, 0.1) is 0 Å². The summed E-state index contributed by atoms with van der Waals surface area (Å²) in [5.41, 5.74) is 6.61. The molecular weight excluding hydrogens is 526 g/mol. The van der Waals surface area contributed by atoms with E-state index in [0.29, 0.717) is 19.1 Å². The Labute approximate surface area is 250 Å². The van der Waals surface area contributed by atoms with Crippen molar-refractivity contribution < 1.29 is 18.9 Å². The zero-order valence-electron chi connectivity index (χ0n) is 24.9. The number of nitrogens with zero attached hydrogens (tertiary/aromatic N) is 2. The molecule has 0 bridgehead atoms. The van der Waals surface area contributed by atoms with Gasteiger partial charge in [-0.05, 0) is 72.3 Å². The number of piperidine rings is 1. The first-order valence-corrected chi connectivity index (χ1v) is 15.6. The summed E-state index contributed by atoms with van der Waals surface area (Å²) >= 11 is 0.